The molecule has 3 aliphatic carbocycles. The molecule has 3 saturated carbocycles. The zero-order valence-corrected chi connectivity index (χ0v) is 8.54. The number of carbonyl (C=O) groups excluding carboxylic acids is 1. The number of rotatable bonds is 3. The molecule has 0 N–H and O–H groups in total. The summed E-state index contributed by atoms with van der Waals surface area (Å²) in [5, 5.41) is 0. The summed E-state index contributed by atoms with van der Waals surface area (Å²) >= 11 is 0. The summed E-state index contributed by atoms with van der Waals surface area (Å²) in [5.41, 5.74) is 0. The molecule has 0 aliphatic heterocycles. The van der Waals surface area contributed by atoms with E-state index in [1.807, 2.05) is 0 Å². The van der Waals surface area contributed by atoms with Gasteiger partial charge in [-0.25, -0.2) is 8.78 Å². The highest BCUT2D eigenvalue weighted by atomic mass is 19.3. The van der Waals surface area contributed by atoms with Crippen LogP contribution in [0.2, 0.25) is 0 Å². The summed E-state index contributed by atoms with van der Waals surface area (Å²) in [5.74, 6) is 0.749. The number of Topliss-reactive ketones (excluding diaryl/α,β-unsaturated/α-hetero) is 1. The first-order valence-electron chi connectivity index (χ1n) is 5.34. The SMILES string of the molecule is CC(C)C1C2CC(C(=O)C(F)F)C1C2. The Balaban J connectivity index is 2.03. The number of ketones is 1. The molecule has 4 unspecified atom stereocenters. The Kier molecular flexibility index (Phi) is 2.36. The molecule has 0 aromatic heterocycles. The largest absolute Gasteiger partial charge is 0.296 e. The van der Waals surface area contributed by atoms with E-state index in [1.54, 1.807) is 0 Å². The normalized spacial score (nSPS) is 40.4. The summed E-state index contributed by atoms with van der Waals surface area (Å²) in [6, 6.07) is 0. The third kappa shape index (κ3) is 1.29. The molecule has 0 aromatic rings. The molecular formula is C11H16F2O. The van der Waals surface area contributed by atoms with Crippen LogP contribution in [0.5, 0.6) is 0 Å². The Morgan fingerprint density at radius 1 is 1.29 bits per heavy atom. The van der Waals surface area contributed by atoms with Gasteiger partial charge in [-0.1, -0.05) is 13.8 Å². The molecule has 0 spiro atoms. The second-order valence-corrected chi connectivity index (χ2v) is 5.03. The van der Waals surface area contributed by atoms with Crippen LogP contribution >= 0.6 is 0 Å². The minimum atomic E-state index is -2.76. The molecule has 80 valence electrons. The molecule has 3 heteroatoms. The minimum absolute atomic E-state index is 0.265. The van der Waals surface area contributed by atoms with E-state index >= 15 is 0 Å². The first-order valence-corrected chi connectivity index (χ1v) is 5.34. The van der Waals surface area contributed by atoms with Crippen molar-refractivity contribution in [3.05, 3.63) is 0 Å². The van der Waals surface area contributed by atoms with Gasteiger partial charge in [-0.3, -0.25) is 4.79 Å². The van der Waals surface area contributed by atoms with E-state index in [9.17, 15) is 13.6 Å². The smallest absolute Gasteiger partial charge is 0.293 e. The molecule has 1 nitrogen and oxygen atoms in total. The van der Waals surface area contributed by atoms with Gasteiger partial charge in [-0.05, 0) is 36.5 Å². The quantitative estimate of drug-likeness (QED) is 0.687. The van der Waals surface area contributed by atoms with Gasteiger partial charge in [-0.2, -0.15) is 0 Å². The van der Waals surface area contributed by atoms with Crippen LogP contribution in [0.4, 0.5) is 8.78 Å². The second-order valence-electron chi connectivity index (χ2n) is 5.03. The van der Waals surface area contributed by atoms with Crippen molar-refractivity contribution in [2.75, 3.05) is 0 Å². The molecule has 0 radical (unpaired) electrons. The van der Waals surface area contributed by atoms with Crippen molar-refractivity contribution >= 4 is 5.78 Å². The predicted octanol–water partition coefficient (Wildman–Crippen LogP) is 2.75. The van der Waals surface area contributed by atoms with E-state index in [2.05, 4.69) is 13.8 Å². The van der Waals surface area contributed by atoms with Crippen molar-refractivity contribution in [2.24, 2.45) is 29.6 Å². The Bertz CT molecular complexity index is 250. The van der Waals surface area contributed by atoms with Gasteiger partial charge < -0.3 is 0 Å². The number of hydrogen-bond donors (Lipinski definition) is 0. The lowest BCUT2D eigenvalue weighted by molar-refractivity contribution is -0.135. The molecule has 3 aliphatic rings. The summed E-state index contributed by atoms with van der Waals surface area (Å²) in [4.78, 5) is 11.2. The van der Waals surface area contributed by atoms with Crippen molar-refractivity contribution in [1.82, 2.24) is 0 Å². The number of hydrogen-bond acceptors (Lipinski definition) is 1. The lowest BCUT2D eigenvalue weighted by atomic mass is 9.65. The van der Waals surface area contributed by atoms with Crippen LogP contribution in [0.3, 0.4) is 0 Å². The average Bonchev–Trinajstić information content (AvgIpc) is 2.57. The van der Waals surface area contributed by atoms with Crippen LogP contribution < -0.4 is 0 Å². The molecule has 14 heavy (non-hydrogen) atoms. The van der Waals surface area contributed by atoms with Gasteiger partial charge in [0.25, 0.3) is 6.43 Å². The number of alkyl halides is 2. The summed E-state index contributed by atoms with van der Waals surface area (Å²) in [6.07, 6.45) is -1.03. The minimum Gasteiger partial charge on any atom is -0.293 e. The van der Waals surface area contributed by atoms with E-state index in [0.29, 0.717) is 17.8 Å². The van der Waals surface area contributed by atoms with Crippen LogP contribution in [-0.2, 0) is 4.79 Å². The van der Waals surface area contributed by atoms with E-state index in [-0.39, 0.29) is 11.8 Å². The Labute approximate surface area is 82.9 Å². The molecule has 0 aromatic carbocycles. The van der Waals surface area contributed by atoms with E-state index in [0.717, 1.165) is 12.8 Å². The van der Waals surface area contributed by atoms with Gasteiger partial charge in [0, 0.05) is 5.92 Å². The summed E-state index contributed by atoms with van der Waals surface area (Å²) < 4.78 is 24.5. The molecule has 0 saturated heterocycles. The molecule has 3 rings (SSSR count). The fraction of sp³-hybridized carbons (Fsp3) is 0.909. The Morgan fingerprint density at radius 3 is 2.36 bits per heavy atom. The standard InChI is InChI=1S/C11H16F2O/c1-5(2)9-6-3-7(9)8(4-6)10(14)11(12)13/h5-9,11H,3-4H2,1-2H3. The highest BCUT2D eigenvalue weighted by Crippen LogP contribution is 2.60. The topological polar surface area (TPSA) is 17.1 Å². The van der Waals surface area contributed by atoms with Crippen molar-refractivity contribution in [2.45, 2.75) is 33.1 Å². The van der Waals surface area contributed by atoms with Gasteiger partial charge in [0.2, 0.25) is 5.78 Å². The molecule has 2 bridgehead atoms. The maximum Gasteiger partial charge on any atom is 0.296 e. The summed E-state index contributed by atoms with van der Waals surface area (Å²) in [6.45, 7) is 4.25. The lowest BCUT2D eigenvalue weighted by Gasteiger charge is -2.39. The van der Waals surface area contributed by atoms with Crippen LogP contribution in [-0.4, -0.2) is 12.2 Å². The third-order valence-electron chi connectivity index (χ3n) is 4.04. The summed E-state index contributed by atoms with van der Waals surface area (Å²) in [7, 11) is 0. The monoisotopic (exact) mass is 202 g/mol. The van der Waals surface area contributed by atoms with Crippen molar-refractivity contribution in [3.8, 4) is 0 Å². The predicted molar refractivity (Wildman–Crippen MR) is 49.0 cm³/mol. The highest BCUT2D eigenvalue weighted by Gasteiger charge is 2.56. The van der Waals surface area contributed by atoms with Crippen LogP contribution in [0.25, 0.3) is 0 Å². The van der Waals surface area contributed by atoms with Crippen LogP contribution in [0.1, 0.15) is 26.7 Å². The zero-order valence-electron chi connectivity index (χ0n) is 8.54. The van der Waals surface area contributed by atoms with E-state index in [1.165, 1.54) is 0 Å². The molecular weight excluding hydrogens is 186 g/mol. The Morgan fingerprint density at radius 2 is 1.93 bits per heavy atom. The van der Waals surface area contributed by atoms with Crippen molar-refractivity contribution in [3.63, 3.8) is 0 Å². The van der Waals surface area contributed by atoms with Gasteiger partial charge >= 0.3 is 0 Å². The van der Waals surface area contributed by atoms with Crippen LogP contribution in [0, 0.1) is 29.6 Å². The van der Waals surface area contributed by atoms with Crippen molar-refractivity contribution in [1.29, 1.82) is 0 Å². The fourth-order valence-electron chi connectivity index (χ4n) is 3.53. The molecule has 4 atom stereocenters. The third-order valence-corrected chi connectivity index (χ3v) is 4.04. The maximum absolute atomic E-state index is 12.3. The van der Waals surface area contributed by atoms with Gasteiger partial charge in [0.1, 0.15) is 0 Å². The average molecular weight is 202 g/mol. The number of carbonyl (C=O) groups is 1. The number of halogens is 2. The van der Waals surface area contributed by atoms with Crippen LogP contribution in [0.15, 0.2) is 0 Å². The highest BCUT2D eigenvalue weighted by molar-refractivity contribution is 5.85. The molecule has 3 fully saturated rings. The number of fused-ring (bicyclic) bond motifs is 1. The maximum atomic E-state index is 12.3. The zero-order chi connectivity index (χ0) is 10.5. The first kappa shape index (κ1) is 10.1. The lowest BCUT2D eigenvalue weighted by Crippen LogP contribution is -2.36. The Hall–Kier alpha value is -0.470. The van der Waals surface area contributed by atoms with E-state index < -0.39 is 12.2 Å². The van der Waals surface area contributed by atoms with Gasteiger partial charge in [0.05, 0.1) is 0 Å². The molecule has 0 amide bonds. The van der Waals surface area contributed by atoms with Gasteiger partial charge in [-0.15, -0.1) is 0 Å². The molecule has 0 heterocycles. The second kappa shape index (κ2) is 3.28. The van der Waals surface area contributed by atoms with Crippen molar-refractivity contribution < 1.29 is 13.6 Å². The first-order chi connectivity index (χ1) is 6.52. The fourth-order valence-corrected chi connectivity index (χ4v) is 3.53. The van der Waals surface area contributed by atoms with E-state index in [4.69, 9.17) is 0 Å². The van der Waals surface area contributed by atoms with Gasteiger partial charge in [0.15, 0.2) is 0 Å².